The molecular weight excluding hydrogens is 218 g/mol. The summed E-state index contributed by atoms with van der Waals surface area (Å²) in [7, 11) is 0. The van der Waals surface area contributed by atoms with Gasteiger partial charge in [0.25, 0.3) is 0 Å². The molecule has 1 aliphatic heterocycles. The van der Waals surface area contributed by atoms with Crippen LogP contribution in [0.5, 0.6) is 0 Å². The number of halogens is 1. The van der Waals surface area contributed by atoms with Crippen molar-refractivity contribution in [1.29, 1.82) is 5.26 Å². The van der Waals surface area contributed by atoms with Crippen molar-refractivity contribution in [2.45, 2.75) is 13.8 Å². The molecule has 15 heavy (non-hydrogen) atoms. The van der Waals surface area contributed by atoms with E-state index in [9.17, 15) is 0 Å². The summed E-state index contributed by atoms with van der Waals surface area (Å²) in [5.74, 6) is 0.810. The van der Waals surface area contributed by atoms with Crippen LogP contribution in [0.2, 0.25) is 0 Å². The predicted octanol–water partition coefficient (Wildman–Crippen LogP) is 2.02. The molecule has 0 saturated carbocycles. The second kappa shape index (κ2) is 3.48. The number of oxazole rings is 1. The van der Waals surface area contributed by atoms with Gasteiger partial charge in [-0.2, -0.15) is 10.2 Å². The molecule has 1 aromatic heterocycles. The van der Waals surface area contributed by atoms with Crippen molar-refractivity contribution >= 4 is 17.6 Å². The quantitative estimate of drug-likeness (QED) is 0.685. The standard InChI is InChI=1S/C9H8ClN3O2/c1-5-6(2)15-9(12-5)13-4-14-7(3-11)8(13)10/h4H2,1-2H3. The number of rotatable bonds is 1. The highest BCUT2D eigenvalue weighted by Crippen LogP contribution is 2.29. The van der Waals surface area contributed by atoms with Crippen molar-refractivity contribution in [2.24, 2.45) is 0 Å². The Hall–Kier alpha value is -1.67. The molecule has 6 heteroatoms. The van der Waals surface area contributed by atoms with Crippen molar-refractivity contribution < 1.29 is 9.15 Å². The number of nitriles is 1. The van der Waals surface area contributed by atoms with Gasteiger partial charge in [-0.05, 0) is 13.8 Å². The normalized spacial score (nSPS) is 15.5. The average molecular weight is 226 g/mol. The Kier molecular flexibility index (Phi) is 2.29. The van der Waals surface area contributed by atoms with Gasteiger partial charge in [0.15, 0.2) is 11.9 Å². The van der Waals surface area contributed by atoms with E-state index in [0.29, 0.717) is 6.01 Å². The molecule has 0 spiro atoms. The minimum atomic E-state index is 0.0881. The zero-order valence-corrected chi connectivity index (χ0v) is 9.00. The first-order chi connectivity index (χ1) is 7.13. The summed E-state index contributed by atoms with van der Waals surface area (Å²) in [4.78, 5) is 5.66. The van der Waals surface area contributed by atoms with Crippen molar-refractivity contribution in [2.75, 3.05) is 11.6 Å². The number of ether oxygens (including phenoxy) is 1. The van der Waals surface area contributed by atoms with Crippen LogP contribution in [0.25, 0.3) is 0 Å². The van der Waals surface area contributed by atoms with Crippen molar-refractivity contribution in [1.82, 2.24) is 4.98 Å². The Morgan fingerprint density at radius 3 is 2.73 bits per heavy atom. The second-order valence-electron chi connectivity index (χ2n) is 3.07. The summed E-state index contributed by atoms with van der Waals surface area (Å²) < 4.78 is 10.4. The lowest BCUT2D eigenvalue weighted by Gasteiger charge is -2.09. The van der Waals surface area contributed by atoms with Crippen LogP contribution in [-0.2, 0) is 4.74 Å². The minimum Gasteiger partial charge on any atom is -0.460 e. The van der Waals surface area contributed by atoms with Gasteiger partial charge in [0.05, 0.1) is 5.69 Å². The Morgan fingerprint density at radius 2 is 2.27 bits per heavy atom. The first kappa shape index (κ1) is 9.87. The summed E-state index contributed by atoms with van der Waals surface area (Å²) in [6, 6.07) is 2.20. The summed E-state index contributed by atoms with van der Waals surface area (Å²) in [6.45, 7) is 3.80. The first-order valence-corrected chi connectivity index (χ1v) is 4.65. The van der Waals surface area contributed by atoms with E-state index < -0.39 is 0 Å². The number of allylic oxidation sites excluding steroid dienone is 1. The van der Waals surface area contributed by atoms with Crippen LogP contribution in [0, 0.1) is 25.2 Å². The molecule has 1 aromatic rings. The molecule has 0 aliphatic carbocycles. The largest absolute Gasteiger partial charge is 0.460 e. The van der Waals surface area contributed by atoms with E-state index in [0.717, 1.165) is 11.5 Å². The number of hydrogen-bond donors (Lipinski definition) is 0. The Labute approximate surface area is 91.5 Å². The molecule has 0 aromatic carbocycles. The molecule has 1 aliphatic rings. The van der Waals surface area contributed by atoms with Crippen LogP contribution in [-0.4, -0.2) is 11.7 Å². The molecule has 0 amide bonds. The first-order valence-electron chi connectivity index (χ1n) is 4.27. The number of aryl methyl sites for hydroxylation is 2. The molecular formula is C9H8ClN3O2. The van der Waals surface area contributed by atoms with Gasteiger partial charge in [0, 0.05) is 0 Å². The topological polar surface area (TPSA) is 62.3 Å². The van der Waals surface area contributed by atoms with Gasteiger partial charge in [0.1, 0.15) is 11.8 Å². The molecule has 5 nitrogen and oxygen atoms in total. The highest BCUT2D eigenvalue weighted by atomic mass is 35.5. The fourth-order valence-corrected chi connectivity index (χ4v) is 1.37. The maximum atomic E-state index is 8.67. The molecule has 2 rings (SSSR count). The van der Waals surface area contributed by atoms with Crippen molar-refractivity contribution in [3.63, 3.8) is 0 Å². The Morgan fingerprint density at radius 1 is 1.53 bits per heavy atom. The molecule has 0 saturated heterocycles. The zero-order valence-electron chi connectivity index (χ0n) is 8.24. The average Bonchev–Trinajstić information content (AvgIpc) is 2.71. The van der Waals surface area contributed by atoms with E-state index in [1.165, 1.54) is 4.90 Å². The van der Waals surface area contributed by atoms with Gasteiger partial charge in [0.2, 0.25) is 5.76 Å². The molecule has 78 valence electrons. The second-order valence-corrected chi connectivity index (χ2v) is 3.43. The maximum Gasteiger partial charge on any atom is 0.305 e. The van der Waals surface area contributed by atoms with Gasteiger partial charge in [-0.1, -0.05) is 11.6 Å². The van der Waals surface area contributed by atoms with Crippen LogP contribution in [0.3, 0.4) is 0 Å². The number of hydrogen-bond acceptors (Lipinski definition) is 5. The fraction of sp³-hybridized carbons (Fsp3) is 0.333. The smallest absolute Gasteiger partial charge is 0.305 e. The van der Waals surface area contributed by atoms with Crippen LogP contribution < -0.4 is 4.90 Å². The molecule has 0 unspecified atom stereocenters. The third-order valence-corrected chi connectivity index (χ3v) is 2.49. The lowest BCUT2D eigenvalue weighted by Crippen LogP contribution is -2.16. The number of nitrogens with zero attached hydrogens (tertiary/aromatic N) is 3. The van der Waals surface area contributed by atoms with E-state index >= 15 is 0 Å². The maximum absolute atomic E-state index is 8.67. The highest BCUT2D eigenvalue weighted by Gasteiger charge is 2.27. The SMILES string of the molecule is Cc1nc(N2COC(C#N)=C2Cl)oc1C. The van der Waals surface area contributed by atoms with E-state index in [4.69, 9.17) is 26.0 Å². The summed E-state index contributed by atoms with van der Waals surface area (Å²) in [5, 5.41) is 8.87. The van der Waals surface area contributed by atoms with E-state index in [1.54, 1.807) is 0 Å². The third-order valence-electron chi connectivity index (χ3n) is 2.11. The van der Waals surface area contributed by atoms with Gasteiger partial charge in [-0.3, -0.25) is 0 Å². The van der Waals surface area contributed by atoms with Crippen LogP contribution in [0.1, 0.15) is 11.5 Å². The van der Waals surface area contributed by atoms with Crippen molar-refractivity contribution in [3.05, 3.63) is 22.4 Å². The van der Waals surface area contributed by atoms with E-state index in [-0.39, 0.29) is 17.6 Å². The Bertz CT molecular complexity index is 453. The van der Waals surface area contributed by atoms with Crippen LogP contribution in [0.15, 0.2) is 15.3 Å². The highest BCUT2D eigenvalue weighted by molar-refractivity contribution is 6.31. The van der Waals surface area contributed by atoms with Gasteiger partial charge in [-0.25, -0.2) is 4.90 Å². The lowest BCUT2D eigenvalue weighted by molar-refractivity contribution is 0.256. The van der Waals surface area contributed by atoms with E-state index in [2.05, 4.69) is 4.98 Å². The molecule has 0 atom stereocenters. The lowest BCUT2D eigenvalue weighted by atomic mass is 10.4. The van der Waals surface area contributed by atoms with E-state index in [1.807, 2.05) is 19.9 Å². The molecule has 0 N–H and O–H groups in total. The van der Waals surface area contributed by atoms with Gasteiger partial charge >= 0.3 is 6.01 Å². The summed E-state index contributed by atoms with van der Waals surface area (Å²) >= 11 is 5.90. The number of aromatic nitrogens is 1. The summed E-state index contributed by atoms with van der Waals surface area (Å²) in [6.07, 6.45) is 0. The molecule has 2 heterocycles. The van der Waals surface area contributed by atoms with Crippen LogP contribution >= 0.6 is 11.6 Å². The molecule has 0 radical (unpaired) electrons. The minimum absolute atomic E-state index is 0.0881. The van der Waals surface area contributed by atoms with Gasteiger partial charge in [-0.15, -0.1) is 0 Å². The Balaban J connectivity index is 2.35. The monoisotopic (exact) mass is 225 g/mol. The fourth-order valence-electron chi connectivity index (χ4n) is 1.16. The summed E-state index contributed by atoms with van der Waals surface area (Å²) in [5.41, 5.74) is 0.792. The third kappa shape index (κ3) is 1.53. The predicted molar refractivity (Wildman–Crippen MR) is 52.9 cm³/mol. The number of anilines is 1. The van der Waals surface area contributed by atoms with Crippen LogP contribution in [0.4, 0.5) is 6.01 Å². The van der Waals surface area contributed by atoms with Crippen molar-refractivity contribution in [3.8, 4) is 6.07 Å². The molecule has 0 bridgehead atoms. The zero-order chi connectivity index (χ0) is 11.0. The van der Waals surface area contributed by atoms with Gasteiger partial charge < -0.3 is 9.15 Å². The molecule has 0 fully saturated rings.